The second-order valence-electron chi connectivity index (χ2n) is 15.6. The van der Waals surface area contributed by atoms with Gasteiger partial charge in [0.1, 0.15) is 6.61 Å². The molecular formula is C44H82NO7+. The molecule has 0 saturated heterocycles. The molecule has 0 amide bonds. The van der Waals surface area contributed by atoms with Crippen LogP contribution in [0.2, 0.25) is 0 Å². The zero-order valence-electron chi connectivity index (χ0n) is 34.5. The number of carboxylic acid groups (broad SMARTS) is 1. The number of quaternary nitrogens is 1. The van der Waals surface area contributed by atoms with Crippen LogP contribution in [0.1, 0.15) is 187 Å². The van der Waals surface area contributed by atoms with Crippen LogP contribution in [0.4, 0.5) is 0 Å². The van der Waals surface area contributed by atoms with E-state index in [1.807, 2.05) is 21.1 Å². The summed E-state index contributed by atoms with van der Waals surface area (Å²) in [4.78, 5) is 36.7. The third kappa shape index (κ3) is 33.6. The van der Waals surface area contributed by atoms with E-state index in [4.69, 9.17) is 14.2 Å². The van der Waals surface area contributed by atoms with Crippen LogP contribution < -0.4 is 0 Å². The molecule has 0 radical (unpaired) electrons. The standard InChI is InChI=1S/C44H81NO7/c1-6-8-10-12-14-15-16-17-18-19-20-21-22-23-24-25-26-27-29-31-33-35-43(47)52-40(38-50-37-36-41(44(48)49)45(3,4)5)39-51-42(46)34-32-30-28-13-11-9-7-2/h16-17,19-20,40-41H,6-15,18,21-39H2,1-5H3/p+1/b17-16-,20-19-. The Balaban J connectivity index is 4.21. The number of ether oxygens (including phenoxy) is 3. The van der Waals surface area contributed by atoms with E-state index >= 15 is 0 Å². The molecule has 0 spiro atoms. The predicted molar refractivity (Wildman–Crippen MR) is 215 cm³/mol. The number of carbonyl (C=O) groups excluding carboxylic acids is 2. The molecule has 0 aromatic rings. The molecule has 8 heteroatoms. The van der Waals surface area contributed by atoms with Crippen molar-refractivity contribution in [1.29, 1.82) is 0 Å². The SMILES string of the molecule is CCCCCCC/C=C\C/C=C\CCCCCCCCCCCC(=O)OC(COCCC(C(=O)O)[N+](C)(C)C)COC(=O)CCCCCCCCC. The van der Waals surface area contributed by atoms with Gasteiger partial charge in [-0.3, -0.25) is 9.59 Å². The summed E-state index contributed by atoms with van der Waals surface area (Å²) >= 11 is 0. The van der Waals surface area contributed by atoms with E-state index < -0.39 is 18.1 Å². The van der Waals surface area contributed by atoms with Crippen LogP contribution in [0.3, 0.4) is 0 Å². The molecule has 0 bridgehead atoms. The van der Waals surface area contributed by atoms with Crippen LogP contribution in [0.15, 0.2) is 24.3 Å². The second-order valence-corrected chi connectivity index (χ2v) is 15.6. The highest BCUT2D eigenvalue weighted by molar-refractivity contribution is 5.72. The van der Waals surface area contributed by atoms with Crippen molar-refractivity contribution < 1.29 is 38.2 Å². The minimum Gasteiger partial charge on any atom is -0.477 e. The number of nitrogens with zero attached hydrogens (tertiary/aromatic N) is 1. The minimum atomic E-state index is -0.876. The zero-order chi connectivity index (χ0) is 38.5. The number of unbranched alkanes of at least 4 members (excludes halogenated alkanes) is 20. The van der Waals surface area contributed by atoms with E-state index in [0.717, 1.165) is 44.9 Å². The molecule has 2 atom stereocenters. The van der Waals surface area contributed by atoms with Gasteiger partial charge >= 0.3 is 17.9 Å². The number of carbonyl (C=O) groups is 3. The van der Waals surface area contributed by atoms with Gasteiger partial charge in [-0.25, -0.2) is 4.79 Å². The Morgan fingerprint density at radius 1 is 0.577 bits per heavy atom. The Bertz CT molecular complexity index is 911. The van der Waals surface area contributed by atoms with Crippen molar-refractivity contribution in [2.24, 2.45) is 0 Å². The maximum absolute atomic E-state index is 12.7. The molecular weight excluding hydrogens is 654 g/mol. The fraction of sp³-hybridized carbons (Fsp3) is 0.841. The molecule has 0 saturated carbocycles. The number of esters is 2. The van der Waals surface area contributed by atoms with Crippen LogP contribution in [-0.4, -0.2) is 80.6 Å². The van der Waals surface area contributed by atoms with Gasteiger partial charge in [0, 0.05) is 19.3 Å². The fourth-order valence-corrected chi connectivity index (χ4v) is 6.24. The molecule has 0 aliphatic rings. The molecule has 0 aliphatic heterocycles. The van der Waals surface area contributed by atoms with Crippen molar-refractivity contribution in [3.8, 4) is 0 Å². The summed E-state index contributed by atoms with van der Waals surface area (Å²) in [5.41, 5.74) is 0. The van der Waals surface area contributed by atoms with Crippen molar-refractivity contribution in [1.82, 2.24) is 0 Å². The highest BCUT2D eigenvalue weighted by Gasteiger charge is 2.31. The van der Waals surface area contributed by atoms with Crippen LogP contribution >= 0.6 is 0 Å². The first kappa shape index (κ1) is 49.8. The van der Waals surface area contributed by atoms with Gasteiger partial charge in [-0.05, 0) is 44.9 Å². The molecule has 0 fully saturated rings. The molecule has 304 valence electrons. The lowest BCUT2D eigenvalue weighted by atomic mass is 10.1. The average Bonchev–Trinajstić information content (AvgIpc) is 3.09. The van der Waals surface area contributed by atoms with Crippen molar-refractivity contribution in [2.75, 3.05) is 41.0 Å². The lowest BCUT2D eigenvalue weighted by Gasteiger charge is -2.31. The molecule has 0 aromatic carbocycles. The molecule has 8 nitrogen and oxygen atoms in total. The van der Waals surface area contributed by atoms with E-state index in [2.05, 4.69) is 38.2 Å². The maximum atomic E-state index is 12.7. The Morgan fingerprint density at radius 3 is 1.48 bits per heavy atom. The summed E-state index contributed by atoms with van der Waals surface area (Å²) in [6, 6.07) is -0.611. The number of aliphatic carboxylic acids is 1. The number of likely N-dealkylation sites (N-methyl/N-ethyl adjacent to an activating group) is 1. The predicted octanol–water partition coefficient (Wildman–Crippen LogP) is 11.3. The lowest BCUT2D eigenvalue weighted by molar-refractivity contribution is -0.887. The van der Waals surface area contributed by atoms with Crippen LogP contribution in [0.5, 0.6) is 0 Å². The van der Waals surface area contributed by atoms with Gasteiger partial charge in [-0.1, -0.05) is 147 Å². The molecule has 52 heavy (non-hydrogen) atoms. The molecule has 0 rings (SSSR count). The second kappa shape index (κ2) is 35.8. The number of hydrogen-bond acceptors (Lipinski definition) is 6. The number of carboxylic acids is 1. The third-order valence-electron chi connectivity index (χ3n) is 9.60. The average molecular weight is 737 g/mol. The highest BCUT2D eigenvalue weighted by Crippen LogP contribution is 2.14. The van der Waals surface area contributed by atoms with Crippen molar-refractivity contribution in [3.63, 3.8) is 0 Å². The Morgan fingerprint density at radius 2 is 1.02 bits per heavy atom. The van der Waals surface area contributed by atoms with E-state index in [-0.39, 0.29) is 36.2 Å². The summed E-state index contributed by atoms with van der Waals surface area (Å²) < 4.78 is 17.2. The third-order valence-corrected chi connectivity index (χ3v) is 9.60. The van der Waals surface area contributed by atoms with E-state index in [0.29, 0.717) is 19.3 Å². The van der Waals surface area contributed by atoms with Crippen LogP contribution in [0, 0.1) is 0 Å². The summed E-state index contributed by atoms with van der Waals surface area (Å²) in [6.45, 7) is 4.68. The van der Waals surface area contributed by atoms with Crippen LogP contribution in [-0.2, 0) is 28.6 Å². The van der Waals surface area contributed by atoms with Gasteiger partial charge in [0.2, 0.25) is 0 Å². The first-order chi connectivity index (χ1) is 25.1. The van der Waals surface area contributed by atoms with E-state index in [1.165, 1.54) is 109 Å². The molecule has 0 aliphatic carbocycles. The topological polar surface area (TPSA) is 99.1 Å². The van der Waals surface area contributed by atoms with Gasteiger partial charge in [0.25, 0.3) is 0 Å². The van der Waals surface area contributed by atoms with Gasteiger partial charge in [0.05, 0.1) is 34.4 Å². The summed E-state index contributed by atoms with van der Waals surface area (Å²) in [5.74, 6) is -1.47. The monoisotopic (exact) mass is 737 g/mol. The fourth-order valence-electron chi connectivity index (χ4n) is 6.24. The summed E-state index contributed by atoms with van der Waals surface area (Å²) in [6.07, 6.45) is 38.1. The quantitative estimate of drug-likeness (QED) is 0.0291. The van der Waals surface area contributed by atoms with Crippen LogP contribution in [0.25, 0.3) is 0 Å². The Labute approximate surface area is 320 Å². The van der Waals surface area contributed by atoms with E-state index in [1.54, 1.807) is 0 Å². The number of rotatable bonds is 38. The van der Waals surface area contributed by atoms with Crippen molar-refractivity contribution in [2.45, 2.75) is 199 Å². The molecule has 2 unspecified atom stereocenters. The summed E-state index contributed by atoms with van der Waals surface area (Å²) in [7, 11) is 5.52. The smallest absolute Gasteiger partial charge is 0.362 e. The first-order valence-electron chi connectivity index (χ1n) is 21.4. The Kier molecular flexibility index (Phi) is 34.3. The van der Waals surface area contributed by atoms with Crippen molar-refractivity contribution >= 4 is 17.9 Å². The maximum Gasteiger partial charge on any atom is 0.362 e. The lowest BCUT2D eigenvalue weighted by Crippen LogP contribution is -2.50. The first-order valence-corrected chi connectivity index (χ1v) is 21.4. The molecule has 0 aromatic heterocycles. The zero-order valence-corrected chi connectivity index (χ0v) is 34.5. The number of allylic oxidation sites excluding steroid dienone is 4. The van der Waals surface area contributed by atoms with Crippen molar-refractivity contribution in [3.05, 3.63) is 24.3 Å². The Hall–Kier alpha value is -2.19. The van der Waals surface area contributed by atoms with Gasteiger partial charge in [-0.15, -0.1) is 0 Å². The molecule has 1 N–H and O–H groups in total. The number of hydrogen-bond donors (Lipinski definition) is 1. The summed E-state index contributed by atoms with van der Waals surface area (Å²) in [5, 5.41) is 9.58. The van der Waals surface area contributed by atoms with Gasteiger partial charge in [0.15, 0.2) is 12.1 Å². The minimum absolute atomic E-state index is 0.0499. The normalized spacial score (nSPS) is 13.2. The van der Waals surface area contributed by atoms with Gasteiger partial charge < -0.3 is 23.8 Å². The largest absolute Gasteiger partial charge is 0.477 e. The van der Waals surface area contributed by atoms with Gasteiger partial charge in [-0.2, -0.15) is 0 Å². The van der Waals surface area contributed by atoms with E-state index in [9.17, 15) is 19.5 Å². The highest BCUT2D eigenvalue weighted by atomic mass is 16.6. The molecule has 0 heterocycles.